The van der Waals surface area contributed by atoms with Crippen LogP contribution in [0.15, 0.2) is 48.5 Å². The van der Waals surface area contributed by atoms with Crippen LogP contribution in [-0.4, -0.2) is 13.2 Å². The van der Waals surface area contributed by atoms with Crippen LogP contribution in [0.1, 0.15) is 5.56 Å². The zero-order valence-corrected chi connectivity index (χ0v) is 10.2. The smallest absolute Gasteiger partial charge is 0.137 e. The first kappa shape index (κ1) is 12.9. The van der Waals surface area contributed by atoms with Crippen molar-refractivity contribution in [3.63, 3.8) is 0 Å². The van der Waals surface area contributed by atoms with Crippen LogP contribution in [0.4, 0.5) is 4.39 Å². The van der Waals surface area contributed by atoms with Crippen molar-refractivity contribution in [2.24, 2.45) is 0 Å². The van der Waals surface area contributed by atoms with Gasteiger partial charge in [-0.1, -0.05) is 12.1 Å². The normalized spacial score (nSPS) is 9.68. The van der Waals surface area contributed by atoms with Crippen molar-refractivity contribution in [1.82, 2.24) is 0 Å². The second kappa shape index (κ2) is 6.41. The average Bonchev–Trinajstić information content (AvgIpc) is 2.46. The van der Waals surface area contributed by atoms with Gasteiger partial charge in [-0.25, -0.2) is 4.39 Å². The topological polar surface area (TPSA) is 42.2 Å². The monoisotopic (exact) mass is 257 g/mol. The van der Waals surface area contributed by atoms with E-state index in [1.807, 2.05) is 0 Å². The summed E-state index contributed by atoms with van der Waals surface area (Å²) >= 11 is 0. The molecular formula is C15H12FNO2. The molecule has 0 radical (unpaired) electrons. The molecule has 0 unspecified atom stereocenters. The largest absolute Gasteiger partial charge is 0.490 e. The Kier molecular flexibility index (Phi) is 4.35. The van der Waals surface area contributed by atoms with Crippen LogP contribution in [0.5, 0.6) is 11.5 Å². The van der Waals surface area contributed by atoms with Gasteiger partial charge in [0, 0.05) is 0 Å². The maximum Gasteiger partial charge on any atom is 0.137 e. The van der Waals surface area contributed by atoms with Crippen molar-refractivity contribution in [3.05, 3.63) is 59.9 Å². The summed E-state index contributed by atoms with van der Waals surface area (Å²) in [6, 6.07) is 14.8. The van der Waals surface area contributed by atoms with Crippen molar-refractivity contribution in [3.8, 4) is 17.6 Å². The molecule has 0 N–H and O–H groups in total. The lowest BCUT2D eigenvalue weighted by atomic mass is 10.2. The average molecular weight is 257 g/mol. The minimum atomic E-state index is -0.299. The summed E-state index contributed by atoms with van der Waals surface area (Å²) in [6.07, 6.45) is 0. The predicted molar refractivity (Wildman–Crippen MR) is 68.5 cm³/mol. The van der Waals surface area contributed by atoms with Gasteiger partial charge in [-0.15, -0.1) is 0 Å². The van der Waals surface area contributed by atoms with Crippen molar-refractivity contribution >= 4 is 0 Å². The summed E-state index contributed by atoms with van der Waals surface area (Å²) in [4.78, 5) is 0. The first-order valence-electron chi connectivity index (χ1n) is 5.80. The van der Waals surface area contributed by atoms with Crippen LogP contribution in [0.2, 0.25) is 0 Å². The van der Waals surface area contributed by atoms with Gasteiger partial charge >= 0.3 is 0 Å². The molecule has 2 aromatic carbocycles. The fourth-order valence-corrected chi connectivity index (χ4v) is 1.53. The Balaban J connectivity index is 1.81. The van der Waals surface area contributed by atoms with Gasteiger partial charge in [0.05, 0.1) is 5.56 Å². The Hall–Kier alpha value is -2.54. The number of hydrogen-bond donors (Lipinski definition) is 0. The molecule has 2 aromatic rings. The molecule has 0 amide bonds. The number of para-hydroxylation sites is 1. The van der Waals surface area contributed by atoms with E-state index in [2.05, 4.69) is 6.07 Å². The SMILES string of the molecule is N#Cc1ccccc1OCCOc1ccc(F)cc1. The summed E-state index contributed by atoms with van der Waals surface area (Å²) in [5.74, 6) is 0.817. The van der Waals surface area contributed by atoms with Crippen LogP contribution in [0, 0.1) is 17.1 Å². The summed E-state index contributed by atoms with van der Waals surface area (Å²) in [6.45, 7) is 0.640. The molecule has 19 heavy (non-hydrogen) atoms. The van der Waals surface area contributed by atoms with Crippen molar-refractivity contribution < 1.29 is 13.9 Å². The van der Waals surface area contributed by atoms with Gasteiger partial charge in [-0.3, -0.25) is 0 Å². The Bertz CT molecular complexity index is 575. The van der Waals surface area contributed by atoms with Gasteiger partial charge in [-0.2, -0.15) is 5.26 Å². The van der Waals surface area contributed by atoms with Gasteiger partial charge in [0.15, 0.2) is 0 Å². The quantitative estimate of drug-likeness (QED) is 0.773. The minimum Gasteiger partial charge on any atom is -0.490 e. The number of ether oxygens (including phenoxy) is 2. The van der Waals surface area contributed by atoms with E-state index in [9.17, 15) is 4.39 Å². The molecule has 0 aliphatic rings. The molecule has 0 fully saturated rings. The first-order valence-corrected chi connectivity index (χ1v) is 5.80. The van der Waals surface area contributed by atoms with E-state index >= 15 is 0 Å². The lowest BCUT2D eigenvalue weighted by Crippen LogP contribution is -2.09. The molecular weight excluding hydrogens is 245 g/mol. The fraction of sp³-hybridized carbons (Fsp3) is 0.133. The maximum atomic E-state index is 12.7. The third kappa shape index (κ3) is 3.71. The Morgan fingerprint density at radius 3 is 2.37 bits per heavy atom. The summed E-state index contributed by atoms with van der Waals surface area (Å²) < 4.78 is 23.5. The second-order valence-electron chi connectivity index (χ2n) is 3.76. The number of halogens is 1. The number of nitrogens with zero attached hydrogens (tertiary/aromatic N) is 1. The first-order chi connectivity index (χ1) is 9.29. The molecule has 0 saturated carbocycles. The van der Waals surface area contributed by atoms with Crippen molar-refractivity contribution in [1.29, 1.82) is 5.26 Å². The Labute approximate surface area is 110 Å². The van der Waals surface area contributed by atoms with Crippen LogP contribution in [0.3, 0.4) is 0 Å². The van der Waals surface area contributed by atoms with E-state index in [0.29, 0.717) is 30.3 Å². The molecule has 3 nitrogen and oxygen atoms in total. The molecule has 0 saturated heterocycles. The highest BCUT2D eigenvalue weighted by Crippen LogP contribution is 2.16. The van der Waals surface area contributed by atoms with Crippen LogP contribution in [-0.2, 0) is 0 Å². The highest BCUT2D eigenvalue weighted by Gasteiger charge is 2.01. The molecule has 0 heterocycles. The van der Waals surface area contributed by atoms with Gasteiger partial charge in [0.25, 0.3) is 0 Å². The van der Waals surface area contributed by atoms with Crippen molar-refractivity contribution in [2.45, 2.75) is 0 Å². The predicted octanol–water partition coefficient (Wildman–Crippen LogP) is 3.16. The lowest BCUT2D eigenvalue weighted by molar-refractivity contribution is 0.216. The Morgan fingerprint density at radius 2 is 1.63 bits per heavy atom. The number of rotatable bonds is 5. The van der Waals surface area contributed by atoms with Crippen LogP contribution in [0.25, 0.3) is 0 Å². The minimum absolute atomic E-state index is 0.299. The molecule has 2 rings (SSSR count). The van der Waals surface area contributed by atoms with Crippen LogP contribution < -0.4 is 9.47 Å². The molecule has 0 atom stereocenters. The third-order valence-electron chi connectivity index (χ3n) is 2.43. The maximum absolute atomic E-state index is 12.7. The molecule has 0 aromatic heterocycles. The number of nitriles is 1. The molecule has 0 bridgehead atoms. The number of hydrogen-bond acceptors (Lipinski definition) is 3. The zero-order valence-electron chi connectivity index (χ0n) is 10.2. The molecule has 0 spiro atoms. The number of benzene rings is 2. The van der Waals surface area contributed by atoms with E-state index in [1.54, 1.807) is 36.4 Å². The summed E-state index contributed by atoms with van der Waals surface area (Å²) in [5.41, 5.74) is 0.490. The molecule has 4 heteroatoms. The van der Waals surface area contributed by atoms with E-state index in [1.165, 1.54) is 12.1 Å². The zero-order chi connectivity index (χ0) is 13.5. The summed E-state index contributed by atoms with van der Waals surface area (Å²) in [5, 5.41) is 8.88. The van der Waals surface area contributed by atoms with E-state index in [4.69, 9.17) is 14.7 Å². The Morgan fingerprint density at radius 1 is 0.947 bits per heavy atom. The van der Waals surface area contributed by atoms with E-state index in [-0.39, 0.29) is 5.82 Å². The second-order valence-corrected chi connectivity index (χ2v) is 3.76. The van der Waals surface area contributed by atoms with Gasteiger partial charge in [0.1, 0.15) is 36.6 Å². The third-order valence-corrected chi connectivity index (χ3v) is 2.43. The standard InChI is InChI=1S/C15H12FNO2/c16-13-5-7-14(8-6-13)18-9-10-19-15-4-2-1-3-12(15)11-17/h1-8H,9-10H2. The van der Waals surface area contributed by atoms with Gasteiger partial charge in [0.2, 0.25) is 0 Å². The molecule has 96 valence electrons. The molecule has 0 aliphatic heterocycles. The highest BCUT2D eigenvalue weighted by molar-refractivity contribution is 5.42. The fourth-order valence-electron chi connectivity index (χ4n) is 1.53. The van der Waals surface area contributed by atoms with Gasteiger partial charge in [-0.05, 0) is 36.4 Å². The van der Waals surface area contributed by atoms with Crippen LogP contribution >= 0.6 is 0 Å². The van der Waals surface area contributed by atoms with Gasteiger partial charge < -0.3 is 9.47 Å². The van der Waals surface area contributed by atoms with E-state index < -0.39 is 0 Å². The van der Waals surface area contributed by atoms with E-state index in [0.717, 1.165) is 0 Å². The van der Waals surface area contributed by atoms with Crippen molar-refractivity contribution in [2.75, 3.05) is 13.2 Å². The molecule has 0 aliphatic carbocycles. The lowest BCUT2D eigenvalue weighted by Gasteiger charge is -2.09. The summed E-state index contributed by atoms with van der Waals surface area (Å²) in [7, 11) is 0. The highest BCUT2D eigenvalue weighted by atomic mass is 19.1.